The second-order valence-electron chi connectivity index (χ2n) is 1.03. The lowest BCUT2D eigenvalue weighted by Crippen LogP contribution is -1.68. The summed E-state index contributed by atoms with van der Waals surface area (Å²) in [5.74, 6) is 0. The first kappa shape index (κ1) is 5.16. The summed E-state index contributed by atoms with van der Waals surface area (Å²) < 4.78 is 0. The molecule has 0 amide bonds. The van der Waals surface area contributed by atoms with Crippen molar-refractivity contribution in [2.45, 2.75) is 20.3 Å². The molecule has 0 bridgehead atoms. The maximum atomic E-state index is 5.38. The lowest BCUT2D eigenvalue weighted by molar-refractivity contribution is 1.05. The summed E-state index contributed by atoms with van der Waals surface area (Å²) in [5, 5.41) is 0.977. The van der Waals surface area contributed by atoms with E-state index in [2.05, 4.69) is 0 Å². The van der Waals surface area contributed by atoms with Gasteiger partial charge in [0.05, 0.1) is 6.92 Å². The van der Waals surface area contributed by atoms with Crippen LogP contribution < -0.4 is 0 Å². The summed E-state index contributed by atoms with van der Waals surface area (Å²) in [6, 6.07) is 0. The summed E-state index contributed by atoms with van der Waals surface area (Å²) in [5.41, 5.74) is 0. The van der Waals surface area contributed by atoms with Crippen LogP contribution in [0.4, 0.5) is 0 Å². The Kier molecular flexibility index (Phi) is 2.48. The van der Waals surface area contributed by atoms with Crippen molar-refractivity contribution in [3.63, 3.8) is 0 Å². The monoisotopic (exact) mass is 91.0 g/mol. The minimum Gasteiger partial charge on any atom is -0.0225 e. The first-order chi connectivity index (χ1) is 2.27. The van der Waals surface area contributed by atoms with Crippen LogP contribution in [0, 0.1) is 5.38 Å². The molecule has 0 unspecified atom stereocenters. The van der Waals surface area contributed by atoms with Crippen molar-refractivity contribution >= 4 is 11.6 Å². The fraction of sp³-hybridized carbons (Fsp3) is 0.750. The van der Waals surface area contributed by atoms with Crippen LogP contribution in [0.25, 0.3) is 0 Å². The van der Waals surface area contributed by atoms with E-state index >= 15 is 0 Å². The molecule has 5 heavy (non-hydrogen) atoms. The molecule has 0 fully saturated rings. The van der Waals surface area contributed by atoms with Gasteiger partial charge in [0, 0.05) is 0 Å². The molecule has 0 aromatic carbocycles. The highest BCUT2D eigenvalue weighted by Gasteiger charge is 1.99. The van der Waals surface area contributed by atoms with Gasteiger partial charge in [-0.1, -0.05) is 0 Å². The van der Waals surface area contributed by atoms with Crippen LogP contribution >= 0.6 is 11.6 Å². The van der Waals surface area contributed by atoms with E-state index in [1.54, 1.807) is 0 Å². The van der Waals surface area contributed by atoms with E-state index < -0.39 is 0 Å². The van der Waals surface area contributed by atoms with Gasteiger partial charge < -0.3 is 0 Å². The summed E-state index contributed by atoms with van der Waals surface area (Å²) in [4.78, 5) is 0. The number of hydrogen-bond donors (Lipinski definition) is 0. The standard InChI is InChI=1S/C4H8Cl/c1-3-4(2)5/h3H2,1-2H3/q+1. The van der Waals surface area contributed by atoms with Gasteiger partial charge in [-0.3, -0.25) is 0 Å². The van der Waals surface area contributed by atoms with Crippen LogP contribution in [0.3, 0.4) is 0 Å². The van der Waals surface area contributed by atoms with E-state index in [9.17, 15) is 0 Å². The van der Waals surface area contributed by atoms with Gasteiger partial charge in [0.15, 0.2) is 5.38 Å². The second kappa shape index (κ2) is 2.40. The maximum absolute atomic E-state index is 5.38. The molecule has 30 valence electrons. The van der Waals surface area contributed by atoms with Crippen molar-refractivity contribution in [1.29, 1.82) is 0 Å². The smallest absolute Gasteiger partial charge is 0.0225 e. The van der Waals surface area contributed by atoms with E-state index in [-0.39, 0.29) is 0 Å². The Morgan fingerprint density at radius 2 is 2.00 bits per heavy atom. The van der Waals surface area contributed by atoms with Crippen LogP contribution in [0.5, 0.6) is 0 Å². The van der Waals surface area contributed by atoms with E-state index in [0.717, 1.165) is 11.8 Å². The molecule has 0 saturated carbocycles. The summed E-state index contributed by atoms with van der Waals surface area (Å²) in [7, 11) is 0. The van der Waals surface area contributed by atoms with Gasteiger partial charge in [-0.2, -0.15) is 0 Å². The average molecular weight is 91.6 g/mol. The van der Waals surface area contributed by atoms with Crippen molar-refractivity contribution in [1.82, 2.24) is 0 Å². The number of hydrogen-bond acceptors (Lipinski definition) is 0. The maximum Gasteiger partial charge on any atom is 0.196 e. The first-order valence-electron chi connectivity index (χ1n) is 1.75. The number of rotatable bonds is 1. The molecular formula is C4H8Cl+. The molecule has 0 aliphatic rings. The number of halogens is 1. The molecule has 0 rings (SSSR count). The largest absolute Gasteiger partial charge is 0.196 e. The molecule has 0 spiro atoms. The fourth-order valence-electron chi connectivity index (χ4n) is 0. The van der Waals surface area contributed by atoms with Crippen LogP contribution in [0.1, 0.15) is 20.3 Å². The molecule has 0 aliphatic carbocycles. The van der Waals surface area contributed by atoms with Crippen molar-refractivity contribution in [2.75, 3.05) is 0 Å². The highest BCUT2D eigenvalue weighted by molar-refractivity contribution is 6.26. The van der Waals surface area contributed by atoms with Crippen molar-refractivity contribution in [3.05, 3.63) is 5.38 Å². The lowest BCUT2D eigenvalue weighted by atomic mass is 10.4. The SMILES string of the molecule is CC[C+](C)Cl. The first-order valence-corrected chi connectivity index (χ1v) is 2.13. The zero-order valence-corrected chi connectivity index (χ0v) is 4.34. The normalized spacial score (nSPS) is 7.80. The Labute approximate surface area is 38.1 Å². The van der Waals surface area contributed by atoms with E-state index in [1.807, 2.05) is 13.8 Å². The Morgan fingerprint density at radius 1 is 1.80 bits per heavy atom. The molecule has 1 heteroatoms. The van der Waals surface area contributed by atoms with Gasteiger partial charge in [-0.05, 0) is 6.92 Å². The molecule has 0 heterocycles. The predicted molar refractivity (Wildman–Crippen MR) is 25.1 cm³/mol. The van der Waals surface area contributed by atoms with E-state index in [0.29, 0.717) is 0 Å². The Bertz CT molecular complexity index is 17.6. The third-order valence-electron chi connectivity index (χ3n) is 0.487. The Morgan fingerprint density at radius 3 is 2.00 bits per heavy atom. The van der Waals surface area contributed by atoms with Crippen LogP contribution in [-0.4, -0.2) is 0 Å². The minimum atomic E-state index is 0.977. The molecular weight excluding hydrogens is 83.5 g/mol. The molecule has 0 radical (unpaired) electrons. The predicted octanol–water partition coefficient (Wildman–Crippen LogP) is 2.19. The summed E-state index contributed by atoms with van der Waals surface area (Å²) in [6.45, 7) is 3.93. The van der Waals surface area contributed by atoms with E-state index in [4.69, 9.17) is 11.6 Å². The summed E-state index contributed by atoms with van der Waals surface area (Å²) in [6.07, 6.45) is 0.988. The highest BCUT2D eigenvalue weighted by Crippen LogP contribution is 2.06. The van der Waals surface area contributed by atoms with Gasteiger partial charge in [0.25, 0.3) is 0 Å². The average Bonchev–Trinajstić information content (AvgIpc) is 1.38. The Hall–Kier alpha value is 0.160. The van der Waals surface area contributed by atoms with E-state index in [1.165, 1.54) is 0 Å². The van der Waals surface area contributed by atoms with Crippen molar-refractivity contribution < 1.29 is 0 Å². The van der Waals surface area contributed by atoms with Crippen LogP contribution in [0.15, 0.2) is 0 Å². The highest BCUT2D eigenvalue weighted by atomic mass is 35.5. The molecule has 0 atom stereocenters. The quantitative estimate of drug-likeness (QED) is 0.434. The molecule has 0 aliphatic heterocycles. The molecule has 0 saturated heterocycles. The van der Waals surface area contributed by atoms with Crippen molar-refractivity contribution in [2.24, 2.45) is 0 Å². The van der Waals surface area contributed by atoms with Crippen LogP contribution in [-0.2, 0) is 0 Å². The van der Waals surface area contributed by atoms with Gasteiger partial charge in [-0.15, -0.1) is 0 Å². The molecule has 0 N–H and O–H groups in total. The molecule has 0 aromatic heterocycles. The van der Waals surface area contributed by atoms with Gasteiger partial charge in [-0.25, -0.2) is 0 Å². The molecule has 0 nitrogen and oxygen atoms in total. The third kappa shape index (κ3) is 4.16. The zero-order valence-electron chi connectivity index (χ0n) is 3.59. The summed E-state index contributed by atoms with van der Waals surface area (Å²) >= 11 is 5.38. The third-order valence-corrected chi connectivity index (χ3v) is 0.754. The topological polar surface area (TPSA) is 0 Å². The van der Waals surface area contributed by atoms with Crippen molar-refractivity contribution in [3.8, 4) is 0 Å². The minimum absolute atomic E-state index is 0.977. The fourth-order valence-corrected chi connectivity index (χ4v) is 0. The second-order valence-corrected chi connectivity index (χ2v) is 1.67. The van der Waals surface area contributed by atoms with Gasteiger partial charge in [0.1, 0.15) is 18.0 Å². The zero-order chi connectivity index (χ0) is 4.28. The molecule has 0 aromatic rings. The van der Waals surface area contributed by atoms with Gasteiger partial charge >= 0.3 is 0 Å². The lowest BCUT2D eigenvalue weighted by Gasteiger charge is -1.71. The van der Waals surface area contributed by atoms with Gasteiger partial charge in [0.2, 0.25) is 0 Å². The van der Waals surface area contributed by atoms with Crippen LogP contribution in [0.2, 0.25) is 0 Å². The Balaban J connectivity index is 2.54.